The number of benzene rings is 1. The molecular weight excluding hydrogens is 427 g/mol. The highest BCUT2D eigenvalue weighted by molar-refractivity contribution is 14.1. The number of hydrogen-bond acceptors (Lipinski definition) is 4. The Labute approximate surface area is 158 Å². The van der Waals surface area contributed by atoms with Gasteiger partial charge in [-0.25, -0.2) is 9.67 Å². The van der Waals surface area contributed by atoms with Crippen molar-refractivity contribution in [3.8, 4) is 11.4 Å². The number of halogens is 1. The van der Waals surface area contributed by atoms with E-state index in [-0.39, 0.29) is 0 Å². The lowest BCUT2D eigenvalue weighted by molar-refractivity contribution is 0.648. The van der Waals surface area contributed by atoms with Gasteiger partial charge in [0.25, 0.3) is 0 Å². The van der Waals surface area contributed by atoms with Crippen LogP contribution >= 0.6 is 22.6 Å². The third-order valence-electron chi connectivity index (χ3n) is 4.43. The fraction of sp³-hybridized carbons (Fsp3) is 0.222. The molecule has 0 N–H and O–H groups in total. The summed E-state index contributed by atoms with van der Waals surface area (Å²) in [5.41, 5.74) is 4.40. The van der Waals surface area contributed by atoms with Gasteiger partial charge in [0.15, 0.2) is 0 Å². The molecular formula is C18H15IN6. The van der Waals surface area contributed by atoms with Crippen LogP contribution in [0.4, 0.5) is 0 Å². The largest absolute Gasteiger partial charge is 0.321 e. The summed E-state index contributed by atoms with van der Waals surface area (Å²) in [5.74, 6) is 1.01. The lowest BCUT2D eigenvalue weighted by atomic mass is 10.2. The monoisotopic (exact) mass is 442 g/mol. The Morgan fingerprint density at radius 2 is 2.08 bits per heavy atom. The summed E-state index contributed by atoms with van der Waals surface area (Å²) in [7, 11) is 0. The van der Waals surface area contributed by atoms with E-state index in [1.807, 2.05) is 18.6 Å². The van der Waals surface area contributed by atoms with E-state index in [1.54, 1.807) is 10.9 Å². The maximum atomic E-state index is 4.91. The second-order valence-corrected chi connectivity index (χ2v) is 7.60. The van der Waals surface area contributed by atoms with Crippen molar-refractivity contribution in [1.82, 2.24) is 29.5 Å². The van der Waals surface area contributed by atoms with Gasteiger partial charge in [-0.2, -0.15) is 0 Å². The minimum atomic E-state index is 0.553. The van der Waals surface area contributed by atoms with Crippen LogP contribution in [0.15, 0.2) is 49.1 Å². The van der Waals surface area contributed by atoms with Crippen LogP contribution in [0.2, 0.25) is 0 Å². The van der Waals surface area contributed by atoms with Crippen LogP contribution in [0.1, 0.15) is 24.4 Å². The molecule has 0 saturated heterocycles. The molecule has 0 spiro atoms. The van der Waals surface area contributed by atoms with Crippen LogP contribution in [0.25, 0.3) is 22.4 Å². The standard InChI is InChI=1S/C18H15IN6/c19-14-1-4-16-17(8-14)25(15-2-3-15)18(22-16)13-7-12(9-20-10-13)11-24-6-5-21-23-24/h1,4-10,15H,2-3,11H2. The molecule has 0 amide bonds. The first-order valence-electron chi connectivity index (χ1n) is 8.24. The first-order chi connectivity index (χ1) is 12.3. The number of rotatable bonds is 4. The van der Waals surface area contributed by atoms with Crippen molar-refractivity contribution >= 4 is 33.6 Å². The van der Waals surface area contributed by atoms with Gasteiger partial charge >= 0.3 is 0 Å². The third kappa shape index (κ3) is 2.82. The molecule has 1 saturated carbocycles. The highest BCUT2D eigenvalue weighted by Gasteiger charge is 2.29. The van der Waals surface area contributed by atoms with Gasteiger partial charge in [0.2, 0.25) is 0 Å². The van der Waals surface area contributed by atoms with Gasteiger partial charge in [0.05, 0.1) is 23.8 Å². The quantitative estimate of drug-likeness (QED) is 0.453. The Bertz CT molecular complexity index is 1050. The molecule has 0 radical (unpaired) electrons. The molecule has 5 rings (SSSR count). The van der Waals surface area contributed by atoms with Crippen molar-refractivity contribution in [1.29, 1.82) is 0 Å². The lowest BCUT2D eigenvalue weighted by Gasteiger charge is -2.09. The summed E-state index contributed by atoms with van der Waals surface area (Å²) in [4.78, 5) is 9.34. The number of nitrogens with zero attached hydrogens (tertiary/aromatic N) is 6. The average molecular weight is 442 g/mol. The Kier molecular flexibility index (Phi) is 3.54. The molecule has 0 bridgehead atoms. The van der Waals surface area contributed by atoms with E-state index in [0.717, 1.165) is 22.5 Å². The number of imidazole rings is 1. The first-order valence-corrected chi connectivity index (χ1v) is 9.32. The summed E-state index contributed by atoms with van der Waals surface area (Å²) in [5, 5.41) is 7.89. The van der Waals surface area contributed by atoms with Crippen molar-refractivity contribution in [2.75, 3.05) is 0 Å². The molecule has 0 aliphatic heterocycles. The van der Waals surface area contributed by atoms with E-state index >= 15 is 0 Å². The smallest absolute Gasteiger partial charge is 0.142 e. The topological polar surface area (TPSA) is 61.4 Å². The summed E-state index contributed by atoms with van der Waals surface area (Å²) < 4.78 is 5.41. The zero-order valence-corrected chi connectivity index (χ0v) is 15.5. The van der Waals surface area contributed by atoms with Crippen LogP contribution in [0.3, 0.4) is 0 Å². The molecule has 7 heteroatoms. The minimum Gasteiger partial charge on any atom is -0.321 e. The molecule has 0 unspecified atom stereocenters. The fourth-order valence-electron chi connectivity index (χ4n) is 3.17. The third-order valence-corrected chi connectivity index (χ3v) is 5.10. The molecule has 124 valence electrons. The highest BCUT2D eigenvalue weighted by atomic mass is 127. The van der Waals surface area contributed by atoms with Gasteiger partial charge in [-0.05, 0) is 65.3 Å². The molecule has 6 nitrogen and oxygen atoms in total. The SMILES string of the molecule is Ic1ccc2nc(-c3cncc(Cn4ccnn4)c3)n(C3CC3)c2c1. The fourth-order valence-corrected chi connectivity index (χ4v) is 3.65. The van der Waals surface area contributed by atoms with Crippen LogP contribution in [-0.4, -0.2) is 29.5 Å². The number of aromatic nitrogens is 6. The molecule has 3 heterocycles. The van der Waals surface area contributed by atoms with Crippen molar-refractivity contribution in [2.45, 2.75) is 25.4 Å². The van der Waals surface area contributed by atoms with Crippen LogP contribution in [-0.2, 0) is 6.54 Å². The van der Waals surface area contributed by atoms with E-state index in [0.29, 0.717) is 12.6 Å². The summed E-state index contributed by atoms with van der Waals surface area (Å²) in [6.45, 7) is 0.655. The normalized spacial score (nSPS) is 14.3. The van der Waals surface area contributed by atoms with E-state index in [2.05, 4.69) is 66.7 Å². The molecule has 25 heavy (non-hydrogen) atoms. The molecule has 1 aliphatic carbocycles. The van der Waals surface area contributed by atoms with E-state index in [1.165, 1.54) is 21.9 Å². The summed E-state index contributed by atoms with van der Waals surface area (Å²) in [6.07, 6.45) is 9.75. The first kappa shape index (κ1) is 15.0. The summed E-state index contributed by atoms with van der Waals surface area (Å²) >= 11 is 2.36. The van der Waals surface area contributed by atoms with Crippen molar-refractivity contribution in [3.63, 3.8) is 0 Å². The Balaban J connectivity index is 1.62. The van der Waals surface area contributed by atoms with E-state index < -0.39 is 0 Å². The van der Waals surface area contributed by atoms with E-state index in [4.69, 9.17) is 4.98 Å². The average Bonchev–Trinajstić information content (AvgIpc) is 3.19. The van der Waals surface area contributed by atoms with Crippen molar-refractivity contribution in [2.24, 2.45) is 0 Å². The Hall–Kier alpha value is -2.29. The van der Waals surface area contributed by atoms with Crippen LogP contribution in [0, 0.1) is 3.57 Å². The Morgan fingerprint density at radius 3 is 2.88 bits per heavy atom. The highest BCUT2D eigenvalue weighted by Crippen LogP contribution is 2.41. The second-order valence-electron chi connectivity index (χ2n) is 6.35. The van der Waals surface area contributed by atoms with Gasteiger partial charge in [-0.1, -0.05) is 5.21 Å². The van der Waals surface area contributed by atoms with Gasteiger partial charge < -0.3 is 4.57 Å². The number of pyridine rings is 1. The zero-order chi connectivity index (χ0) is 16.8. The van der Waals surface area contributed by atoms with Crippen molar-refractivity contribution < 1.29 is 0 Å². The van der Waals surface area contributed by atoms with Gasteiger partial charge in [0, 0.05) is 33.8 Å². The molecule has 4 aromatic rings. The summed E-state index contributed by atoms with van der Waals surface area (Å²) in [6, 6.07) is 9.14. The molecule has 1 fully saturated rings. The van der Waals surface area contributed by atoms with Crippen molar-refractivity contribution in [3.05, 3.63) is 58.2 Å². The lowest BCUT2D eigenvalue weighted by Crippen LogP contribution is -2.02. The van der Waals surface area contributed by atoms with Gasteiger partial charge in [-0.3, -0.25) is 4.98 Å². The maximum absolute atomic E-state index is 4.91. The van der Waals surface area contributed by atoms with Gasteiger partial charge in [-0.15, -0.1) is 5.10 Å². The second kappa shape index (κ2) is 5.91. The number of hydrogen-bond donors (Lipinski definition) is 0. The van der Waals surface area contributed by atoms with Crippen LogP contribution in [0.5, 0.6) is 0 Å². The molecule has 3 aromatic heterocycles. The predicted octanol–water partition coefficient (Wildman–Crippen LogP) is 3.68. The zero-order valence-electron chi connectivity index (χ0n) is 13.4. The molecule has 1 aliphatic rings. The van der Waals surface area contributed by atoms with Gasteiger partial charge in [0.1, 0.15) is 5.82 Å². The van der Waals surface area contributed by atoms with E-state index in [9.17, 15) is 0 Å². The number of fused-ring (bicyclic) bond motifs is 1. The maximum Gasteiger partial charge on any atom is 0.142 e. The minimum absolute atomic E-state index is 0.553. The molecule has 1 aromatic carbocycles. The predicted molar refractivity (Wildman–Crippen MR) is 103 cm³/mol. The molecule has 0 atom stereocenters. The Morgan fingerprint density at radius 1 is 1.16 bits per heavy atom. The van der Waals surface area contributed by atoms with Crippen LogP contribution < -0.4 is 0 Å².